The van der Waals surface area contributed by atoms with Crippen molar-refractivity contribution in [2.75, 3.05) is 25.5 Å². The van der Waals surface area contributed by atoms with Crippen LogP contribution in [0.15, 0.2) is 66.9 Å². The minimum Gasteiger partial charge on any atom is -0.344 e. The van der Waals surface area contributed by atoms with Crippen molar-refractivity contribution < 1.29 is 13.2 Å². The molecule has 3 aromatic rings. The van der Waals surface area contributed by atoms with Gasteiger partial charge < -0.3 is 10.2 Å². The number of nitrogens with one attached hydrogen (secondary N) is 1. The Hall–Kier alpha value is -3.05. The zero-order chi connectivity index (χ0) is 23.0. The fraction of sp³-hybridized carbons (Fsp3) is 0.259. The van der Waals surface area contributed by atoms with Crippen molar-refractivity contribution in [2.24, 2.45) is 0 Å². The second kappa shape index (κ2) is 8.47. The first kappa shape index (κ1) is 22.2. The first-order valence-corrected chi connectivity index (χ1v) is 10.7. The molecule has 5 heteroatoms. The maximum absolute atomic E-state index is 14.6. The first-order valence-electron chi connectivity index (χ1n) is 10.7. The third kappa shape index (κ3) is 3.82. The molecule has 1 aliphatic heterocycles. The molecule has 0 spiro atoms. The van der Waals surface area contributed by atoms with Crippen LogP contribution in [-0.4, -0.2) is 26.8 Å². The van der Waals surface area contributed by atoms with Crippen LogP contribution >= 0.6 is 0 Å². The topological polar surface area (TPSA) is 15.3 Å². The van der Waals surface area contributed by atoms with Gasteiger partial charge in [0.05, 0.1) is 5.57 Å². The van der Waals surface area contributed by atoms with E-state index in [2.05, 4.69) is 11.9 Å². The Labute approximate surface area is 187 Å². The van der Waals surface area contributed by atoms with Gasteiger partial charge >= 0.3 is 6.18 Å². The molecule has 0 amide bonds. The smallest absolute Gasteiger partial charge is 0.344 e. The number of anilines is 1. The van der Waals surface area contributed by atoms with Crippen LogP contribution in [0.4, 0.5) is 18.9 Å². The molecule has 1 heterocycles. The molecule has 0 radical (unpaired) electrons. The molecule has 2 nitrogen and oxygen atoms in total. The summed E-state index contributed by atoms with van der Waals surface area (Å²) in [5.74, 6) is 0. The second-order valence-electron chi connectivity index (χ2n) is 8.29. The van der Waals surface area contributed by atoms with Crippen LogP contribution in [0.1, 0.15) is 28.7 Å². The summed E-state index contributed by atoms with van der Waals surface area (Å²) in [5.41, 5.74) is 3.11. The molecular weight excluding hydrogens is 409 g/mol. The van der Waals surface area contributed by atoms with E-state index in [-0.39, 0.29) is 11.1 Å². The number of halogens is 3. The molecule has 166 valence electrons. The van der Waals surface area contributed by atoms with Gasteiger partial charge in [0.2, 0.25) is 0 Å². The highest BCUT2D eigenvalue weighted by Gasteiger charge is 2.43. The Morgan fingerprint density at radius 3 is 2.41 bits per heavy atom. The Kier molecular flexibility index (Phi) is 5.87. The normalized spacial score (nSPS) is 14.3. The van der Waals surface area contributed by atoms with Gasteiger partial charge in [-0.25, -0.2) is 0 Å². The first-order chi connectivity index (χ1) is 15.2. The lowest BCUT2D eigenvalue weighted by atomic mass is 9.84. The van der Waals surface area contributed by atoms with Gasteiger partial charge in [-0.15, -0.1) is 0 Å². The largest absolute Gasteiger partial charge is 0.417 e. The van der Waals surface area contributed by atoms with E-state index in [1.807, 2.05) is 50.4 Å². The molecule has 0 saturated heterocycles. The lowest BCUT2D eigenvalue weighted by Crippen LogP contribution is -2.27. The van der Waals surface area contributed by atoms with E-state index in [4.69, 9.17) is 0 Å². The zero-order valence-corrected chi connectivity index (χ0v) is 18.6. The zero-order valence-electron chi connectivity index (χ0n) is 18.6. The summed E-state index contributed by atoms with van der Waals surface area (Å²) in [6.07, 6.45) is -2.95. The van der Waals surface area contributed by atoms with Crippen LogP contribution in [-0.2, 0) is 6.42 Å². The molecule has 3 aromatic carbocycles. The molecule has 0 bridgehead atoms. The number of alkyl halides is 3. The van der Waals surface area contributed by atoms with E-state index in [1.54, 1.807) is 30.1 Å². The summed E-state index contributed by atoms with van der Waals surface area (Å²) in [7, 11) is 3.65. The fourth-order valence-corrected chi connectivity index (χ4v) is 4.56. The molecule has 0 saturated carbocycles. The average Bonchev–Trinajstić information content (AvgIpc) is 2.75. The van der Waals surface area contributed by atoms with Crippen molar-refractivity contribution in [1.29, 1.82) is 0 Å². The van der Waals surface area contributed by atoms with Gasteiger partial charge in [0.15, 0.2) is 0 Å². The molecule has 1 aliphatic rings. The van der Waals surface area contributed by atoms with Crippen LogP contribution in [0.5, 0.6) is 0 Å². The van der Waals surface area contributed by atoms with Crippen molar-refractivity contribution >= 4 is 27.6 Å². The molecule has 1 N–H and O–H groups in total. The number of hydrogen-bond acceptors (Lipinski definition) is 2. The third-order valence-corrected chi connectivity index (χ3v) is 6.22. The number of likely N-dealkylation sites (N-methyl/N-ethyl adjacent to an activating group) is 1. The highest BCUT2D eigenvalue weighted by Crippen LogP contribution is 2.51. The quantitative estimate of drug-likeness (QED) is 0.446. The molecule has 4 rings (SSSR count). The monoisotopic (exact) mass is 436 g/mol. The molecule has 0 unspecified atom stereocenters. The Balaban J connectivity index is 2.01. The van der Waals surface area contributed by atoms with Crippen LogP contribution in [0, 0.1) is 6.92 Å². The van der Waals surface area contributed by atoms with Crippen molar-refractivity contribution in [3.63, 3.8) is 0 Å². The minimum atomic E-state index is -4.52. The van der Waals surface area contributed by atoms with Gasteiger partial charge in [-0.2, -0.15) is 13.2 Å². The molecule has 32 heavy (non-hydrogen) atoms. The predicted octanol–water partition coefficient (Wildman–Crippen LogP) is 6.74. The summed E-state index contributed by atoms with van der Waals surface area (Å²) in [5, 5.41) is 4.83. The minimum absolute atomic E-state index is 0.149. The maximum atomic E-state index is 14.6. The number of aryl methyl sites for hydroxylation is 2. The van der Waals surface area contributed by atoms with E-state index in [0.717, 1.165) is 34.9 Å². The summed E-state index contributed by atoms with van der Waals surface area (Å²) in [6.45, 7) is 6.88. The number of rotatable bonds is 5. The van der Waals surface area contributed by atoms with Crippen LogP contribution in [0.2, 0.25) is 0 Å². The highest BCUT2D eigenvalue weighted by molar-refractivity contribution is 6.12. The van der Waals surface area contributed by atoms with Gasteiger partial charge in [0.25, 0.3) is 0 Å². The molecule has 0 fully saturated rings. The number of nitrogens with zero attached hydrogens (tertiary/aromatic N) is 1. The maximum Gasteiger partial charge on any atom is 0.417 e. The van der Waals surface area contributed by atoms with E-state index in [9.17, 15) is 13.2 Å². The van der Waals surface area contributed by atoms with Crippen LogP contribution in [0.25, 0.3) is 21.9 Å². The molecule has 0 aliphatic carbocycles. The number of benzene rings is 3. The lowest BCUT2D eigenvalue weighted by Gasteiger charge is -2.35. The average molecular weight is 437 g/mol. The van der Waals surface area contributed by atoms with Gasteiger partial charge in [-0.05, 0) is 73.0 Å². The summed E-state index contributed by atoms with van der Waals surface area (Å²) >= 11 is 0. The molecule has 0 atom stereocenters. The van der Waals surface area contributed by atoms with Gasteiger partial charge in [0.1, 0.15) is 0 Å². The second-order valence-corrected chi connectivity index (χ2v) is 8.29. The fourth-order valence-electron chi connectivity index (χ4n) is 4.56. The third-order valence-electron chi connectivity index (χ3n) is 6.22. The molecular formula is C27H27F3N2. The Morgan fingerprint density at radius 2 is 1.69 bits per heavy atom. The summed E-state index contributed by atoms with van der Waals surface area (Å²) in [4.78, 5) is 1.77. The summed E-state index contributed by atoms with van der Waals surface area (Å²) in [6, 6.07) is 16.7. The Morgan fingerprint density at radius 1 is 0.969 bits per heavy atom. The number of hydrogen-bond donors (Lipinski definition) is 1. The van der Waals surface area contributed by atoms with Crippen molar-refractivity contribution in [3.8, 4) is 0 Å². The number of fused-ring (bicyclic) bond motifs is 2. The highest BCUT2D eigenvalue weighted by atomic mass is 19.4. The van der Waals surface area contributed by atoms with Crippen molar-refractivity contribution in [2.45, 2.75) is 25.9 Å². The standard InChI is InChI=1S/C27H27F3N2/c1-17-8-5-11-21-20(17)10-6-12-22(21)25-18(2)32(4)24-14-13-19(9-7-15-31-3)16-23(24)26(25)27(28,29)30/h5-6,8,10-14,16,31H,2,7,9,15H2,1,3-4H3. The van der Waals surface area contributed by atoms with E-state index >= 15 is 0 Å². The lowest BCUT2D eigenvalue weighted by molar-refractivity contribution is -0.0685. The van der Waals surface area contributed by atoms with E-state index in [1.165, 1.54) is 0 Å². The van der Waals surface area contributed by atoms with Gasteiger partial charge in [-0.3, -0.25) is 0 Å². The van der Waals surface area contributed by atoms with Crippen LogP contribution in [0.3, 0.4) is 0 Å². The summed E-state index contributed by atoms with van der Waals surface area (Å²) < 4.78 is 43.9. The molecule has 0 aromatic heterocycles. The predicted molar refractivity (Wildman–Crippen MR) is 128 cm³/mol. The van der Waals surface area contributed by atoms with Crippen molar-refractivity contribution in [1.82, 2.24) is 5.32 Å². The van der Waals surface area contributed by atoms with E-state index < -0.39 is 11.7 Å². The van der Waals surface area contributed by atoms with Gasteiger partial charge in [0, 0.05) is 29.6 Å². The van der Waals surface area contributed by atoms with Crippen molar-refractivity contribution in [3.05, 3.63) is 89.1 Å². The SMILES string of the molecule is C=C1C(c2cccc3c(C)cccc23)=C(C(F)(F)F)c2cc(CCCNC)ccc2N1C. The van der Waals surface area contributed by atoms with Gasteiger partial charge in [-0.1, -0.05) is 49.0 Å². The Bertz CT molecular complexity index is 1220. The number of allylic oxidation sites excluding steroid dienone is 2. The van der Waals surface area contributed by atoms with E-state index in [0.29, 0.717) is 23.4 Å². The van der Waals surface area contributed by atoms with Crippen LogP contribution < -0.4 is 10.2 Å².